The van der Waals surface area contributed by atoms with Crippen molar-refractivity contribution in [3.8, 4) is 0 Å². The van der Waals surface area contributed by atoms with Gasteiger partial charge in [0.1, 0.15) is 6.54 Å². The van der Waals surface area contributed by atoms with Gasteiger partial charge < -0.3 is 14.8 Å². The van der Waals surface area contributed by atoms with Crippen LogP contribution in [-0.2, 0) is 4.79 Å². The van der Waals surface area contributed by atoms with Gasteiger partial charge in [-0.3, -0.25) is 9.59 Å². The second-order valence-corrected chi connectivity index (χ2v) is 5.18. The number of nitrogens with zero attached hydrogens (tertiary/aromatic N) is 2. The largest absolute Gasteiger partial charge is 0.361 e. The molecule has 20 heavy (non-hydrogen) atoms. The van der Waals surface area contributed by atoms with E-state index in [0.717, 1.165) is 17.3 Å². The molecular formula is C15H17N3O2. The van der Waals surface area contributed by atoms with Gasteiger partial charge in [-0.15, -0.1) is 0 Å². The maximum Gasteiger partial charge on any atom is 0.254 e. The first kappa shape index (κ1) is 12.7. The Bertz CT molecular complexity index is 662. The number of rotatable bonds is 1. The lowest BCUT2D eigenvalue weighted by atomic mass is 10.1. The van der Waals surface area contributed by atoms with Crippen LogP contribution in [0.25, 0.3) is 10.9 Å². The molecule has 2 heterocycles. The number of amides is 2. The van der Waals surface area contributed by atoms with Gasteiger partial charge in [-0.2, -0.15) is 0 Å². The van der Waals surface area contributed by atoms with Gasteiger partial charge in [0.25, 0.3) is 5.91 Å². The number of likely N-dealkylation sites (N-methyl/N-ethyl adjacent to an activating group) is 1. The summed E-state index contributed by atoms with van der Waals surface area (Å²) >= 11 is 0. The molecule has 1 N–H and O–H groups in total. The molecule has 2 aromatic rings. The Morgan fingerprint density at radius 1 is 1.25 bits per heavy atom. The van der Waals surface area contributed by atoms with Crippen LogP contribution in [-0.4, -0.2) is 53.3 Å². The van der Waals surface area contributed by atoms with E-state index >= 15 is 0 Å². The van der Waals surface area contributed by atoms with E-state index in [2.05, 4.69) is 4.98 Å². The van der Waals surface area contributed by atoms with E-state index in [0.29, 0.717) is 18.7 Å². The molecule has 0 radical (unpaired) electrons. The minimum atomic E-state index is -0.0725. The summed E-state index contributed by atoms with van der Waals surface area (Å²) in [7, 11) is 1.78. The highest BCUT2D eigenvalue weighted by Gasteiger charge is 2.23. The third kappa shape index (κ3) is 2.27. The standard InChI is InChI=1S/C15H17N3O2/c1-17-7-2-8-18(10-14(17)19)15(20)12-3-4-13-11(9-12)5-6-16-13/h3-6,9,16H,2,7-8,10H2,1H3. The fourth-order valence-electron chi connectivity index (χ4n) is 2.53. The molecule has 3 rings (SSSR count). The summed E-state index contributed by atoms with van der Waals surface area (Å²) in [4.78, 5) is 30.8. The molecule has 1 aliphatic rings. The molecule has 2 amide bonds. The van der Waals surface area contributed by atoms with Gasteiger partial charge in [-0.1, -0.05) is 0 Å². The van der Waals surface area contributed by atoms with Crippen LogP contribution in [0, 0.1) is 0 Å². The molecule has 5 nitrogen and oxygen atoms in total. The lowest BCUT2D eigenvalue weighted by Gasteiger charge is -2.19. The second kappa shape index (κ2) is 5.00. The smallest absolute Gasteiger partial charge is 0.254 e. The van der Waals surface area contributed by atoms with Crippen molar-refractivity contribution in [1.29, 1.82) is 0 Å². The van der Waals surface area contributed by atoms with Crippen LogP contribution < -0.4 is 0 Å². The highest BCUT2D eigenvalue weighted by atomic mass is 16.2. The number of H-pyrrole nitrogens is 1. The van der Waals surface area contributed by atoms with Crippen molar-refractivity contribution in [2.45, 2.75) is 6.42 Å². The van der Waals surface area contributed by atoms with Crippen LogP contribution in [0.2, 0.25) is 0 Å². The summed E-state index contributed by atoms with van der Waals surface area (Å²) in [6, 6.07) is 7.51. The third-order valence-electron chi connectivity index (χ3n) is 3.76. The van der Waals surface area contributed by atoms with Crippen molar-refractivity contribution < 1.29 is 9.59 Å². The maximum absolute atomic E-state index is 12.5. The SMILES string of the molecule is CN1CCCN(C(=O)c2ccc3[nH]ccc3c2)CC1=O. The Hall–Kier alpha value is -2.30. The molecule has 5 heteroatoms. The second-order valence-electron chi connectivity index (χ2n) is 5.18. The van der Waals surface area contributed by atoms with Crippen molar-refractivity contribution in [1.82, 2.24) is 14.8 Å². The van der Waals surface area contributed by atoms with Crippen LogP contribution in [0.4, 0.5) is 0 Å². The molecule has 0 aliphatic carbocycles. The van der Waals surface area contributed by atoms with Crippen LogP contribution in [0.15, 0.2) is 30.5 Å². The average molecular weight is 271 g/mol. The lowest BCUT2D eigenvalue weighted by Crippen LogP contribution is -2.38. The van der Waals surface area contributed by atoms with Crippen LogP contribution in [0.1, 0.15) is 16.8 Å². The monoisotopic (exact) mass is 271 g/mol. The fraction of sp³-hybridized carbons (Fsp3) is 0.333. The number of aromatic amines is 1. The number of hydrogen-bond acceptors (Lipinski definition) is 2. The number of carbonyl (C=O) groups excluding carboxylic acids is 2. The fourth-order valence-corrected chi connectivity index (χ4v) is 2.53. The van der Waals surface area contributed by atoms with Gasteiger partial charge >= 0.3 is 0 Å². The Balaban J connectivity index is 1.85. The Kier molecular flexibility index (Phi) is 3.18. The van der Waals surface area contributed by atoms with E-state index in [1.807, 2.05) is 24.4 Å². The molecule has 1 fully saturated rings. The zero-order valence-corrected chi connectivity index (χ0v) is 11.4. The van der Waals surface area contributed by atoms with Crippen molar-refractivity contribution in [2.24, 2.45) is 0 Å². The summed E-state index contributed by atoms with van der Waals surface area (Å²) < 4.78 is 0. The molecule has 0 spiro atoms. The Labute approximate surface area is 117 Å². The molecule has 104 valence electrons. The van der Waals surface area contributed by atoms with E-state index in [1.165, 1.54) is 0 Å². The van der Waals surface area contributed by atoms with Crippen molar-refractivity contribution in [2.75, 3.05) is 26.7 Å². The average Bonchev–Trinajstić information content (AvgIpc) is 2.85. The first-order chi connectivity index (χ1) is 9.65. The summed E-state index contributed by atoms with van der Waals surface area (Å²) in [5, 5.41) is 1.01. The molecule has 1 saturated heterocycles. The lowest BCUT2D eigenvalue weighted by molar-refractivity contribution is -0.129. The summed E-state index contributed by atoms with van der Waals surface area (Å²) in [5.74, 6) is -0.0738. The zero-order chi connectivity index (χ0) is 14.1. The topological polar surface area (TPSA) is 56.4 Å². The predicted octanol–water partition coefficient (Wildman–Crippen LogP) is 1.47. The molecule has 0 saturated carbocycles. The Morgan fingerprint density at radius 2 is 2.10 bits per heavy atom. The van der Waals surface area contributed by atoms with Crippen molar-refractivity contribution in [3.05, 3.63) is 36.0 Å². The van der Waals surface area contributed by atoms with Gasteiger partial charge in [-0.05, 0) is 30.7 Å². The number of benzene rings is 1. The van der Waals surface area contributed by atoms with Gasteiger partial charge in [-0.25, -0.2) is 0 Å². The highest BCUT2D eigenvalue weighted by molar-refractivity contribution is 5.99. The van der Waals surface area contributed by atoms with E-state index < -0.39 is 0 Å². The van der Waals surface area contributed by atoms with Crippen molar-refractivity contribution >= 4 is 22.7 Å². The van der Waals surface area contributed by atoms with Gasteiger partial charge in [0, 0.05) is 42.8 Å². The minimum Gasteiger partial charge on any atom is -0.361 e. The number of aromatic nitrogens is 1. The molecule has 0 bridgehead atoms. The Morgan fingerprint density at radius 3 is 2.95 bits per heavy atom. The number of nitrogens with one attached hydrogen (secondary N) is 1. The van der Waals surface area contributed by atoms with Gasteiger partial charge in [0.05, 0.1) is 0 Å². The first-order valence-electron chi connectivity index (χ1n) is 6.75. The van der Waals surface area contributed by atoms with E-state index in [1.54, 1.807) is 22.9 Å². The predicted molar refractivity (Wildman–Crippen MR) is 76.5 cm³/mol. The van der Waals surface area contributed by atoms with E-state index in [-0.39, 0.29) is 18.4 Å². The van der Waals surface area contributed by atoms with E-state index in [9.17, 15) is 9.59 Å². The van der Waals surface area contributed by atoms with Gasteiger partial charge in [0.15, 0.2) is 0 Å². The van der Waals surface area contributed by atoms with Gasteiger partial charge in [0.2, 0.25) is 5.91 Å². The quantitative estimate of drug-likeness (QED) is 0.854. The number of carbonyl (C=O) groups is 2. The third-order valence-corrected chi connectivity index (χ3v) is 3.76. The van der Waals surface area contributed by atoms with Crippen molar-refractivity contribution in [3.63, 3.8) is 0 Å². The summed E-state index contributed by atoms with van der Waals surface area (Å²) in [6.07, 6.45) is 2.67. The molecule has 1 aromatic carbocycles. The number of fused-ring (bicyclic) bond motifs is 1. The first-order valence-corrected chi connectivity index (χ1v) is 6.75. The zero-order valence-electron chi connectivity index (χ0n) is 11.4. The normalized spacial score (nSPS) is 16.6. The highest BCUT2D eigenvalue weighted by Crippen LogP contribution is 2.16. The van der Waals surface area contributed by atoms with E-state index in [4.69, 9.17) is 0 Å². The molecule has 0 unspecified atom stereocenters. The minimum absolute atomic E-state index is 0.00132. The number of hydrogen-bond donors (Lipinski definition) is 1. The van der Waals surface area contributed by atoms with Crippen LogP contribution in [0.5, 0.6) is 0 Å². The van der Waals surface area contributed by atoms with Crippen LogP contribution in [0.3, 0.4) is 0 Å². The molecule has 0 atom stereocenters. The molecule has 1 aliphatic heterocycles. The summed E-state index contributed by atoms with van der Waals surface area (Å²) in [6.45, 7) is 1.50. The maximum atomic E-state index is 12.5. The molecule has 1 aromatic heterocycles. The van der Waals surface area contributed by atoms with Crippen LogP contribution >= 0.6 is 0 Å². The summed E-state index contributed by atoms with van der Waals surface area (Å²) in [5.41, 5.74) is 1.64. The molecular weight excluding hydrogens is 254 g/mol.